The fraction of sp³-hybridized carbons (Fsp3) is 0.529. The Morgan fingerprint density at radius 1 is 1.29 bits per heavy atom. The van der Waals surface area contributed by atoms with Crippen molar-refractivity contribution in [3.63, 3.8) is 0 Å². The second-order valence-corrected chi connectivity index (χ2v) is 6.17. The van der Waals surface area contributed by atoms with Gasteiger partial charge < -0.3 is 15.1 Å². The zero-order valence-corrected chi connectivity index (χ0v) is 13.0. The van der Waals surface area contributed by atoms with Crippen LogP contribution in [-0.2, 0) is 0 Å². The second kappa shape index (κ2) is 6.18. The number of hydrogen-bond donors (Lipinski definition) is 1. The first-order chi connectivity index (χ1) is 10.2. The van der Waals surface area contributed by atoms with Crippen LogP contribution >= 0.6 is 0 Å². The predicted octanol–water partition coefficient (Wildman–Crippen LogP) is 2.46. The van der Waals surface area contributed by atoms with Gasteiger partial charge in [-0.2, -0.15) is 0 Å². The molecule has 0 aliphatic carbocycles. The molecule has 4 nitrogen and oxygen atoms in total. The first-order valence-corrected chi connectivity index (χ1v) is 7.78. The van der Waals surface area contributed by atoms with Gasteiger partial charge in [0.25, 0.3) is 0 Å². The van der Waals surface area contributed by atoms with Gasteiger partial charge in [-0.25, -0.2) is 0 Å². The fourth-order valence-corrected chi connectivity index (χ4v) is 3.33. The summed E-state index contributed by atoms with van der Waals surface area (Å²) in [6.07, 6.45) is 2.40. The summed E-state index contributed by atoms with van der Waals surface area (Å²) < 4.78 is 6.02. The van der Waals surface area contributed by atoms with Crippen LogP contribution in [0, 0.1) is 0 Å². The van der Waals surface area contributed by atoms with Gasteiger partial charge in [0.05, 0.1) is 6.04 Å². The number of piperidine rings is 1. The van der Waals surface area contributed by atoms with E-state index in [0.717, 1.165) is 29.8 Å². The van der Waals surface area contributed by atoms with Gasteiger partial charge in [-0.15, -0.1) is 0 Å². The number of benzene rings is 1. The van der Waals surface area contributed by atoms with Crippen molar-refractivity contribution in [1.82, 2.24) is 9.80 Å². The van der Waals surface area contributed by atoms with E-state index < -0.39 is 0 Å². The van der Waals surface area contributed by atoms with Crippen molar-refractivity contribution >= 4 is 11.0 Å². The summed E-state index contributed by atoms with van der Waals surface area (Å²) in [6.45, 7) is 2.77. The van der Waals surface area contributed by atoms with Crippen LogP contribution in [0.3, 0.4) is 0 Å². The molecule has 1 unspecified atom stereocenters. The number of furan rings is 1. The number of rotatable bonds is 4. The Labute approximate surface area is 126 Å². The van der Waals surface area contributed by atoms with Crippen LogP contribution in [0.1, 0.15) is 24.6 Å². The van der Waals surface area contributed by atoms with Crippen LogP contribution in [0.2, 0.25) is 0 Å². The van der Waals surface area contributed by atoms with Crippen molar-refractivity contribution in [2.75, 3.05) is 33.7 Å². The van der Waals surface area contributed by atoms with E-state index in [2.05, 4.69) is 36.0 Å². The average molecular weight is 287 g/mol. The molecule has 0 saturated carbocycles. The summed E-state index contributed by atoms with van der Waals surface area (Å²) in [5.74, 6) is 1.00. The summed E-state index contributed by atoms with van der Waals surface area (Å²) in [4.78, 5) is 4.80. The molecule has 1 aliphatic rings. The quantitative estimate of drug-likeness (QED) is 0.938. The van der Waals surface area contributed by atoms with Crippen LogP contribution in [-0.4, -0.2) is 49.6 Å². The molecule has 21 heavy (non-hydrogen) atoms. The number of hydrogen-bond acceptors (Lipinski definition) is 4. The molecule has 1 fully saturated rings. The third kappa shape index (κ3) is 2.98. The summed E-state index contributed by atoms with van der Waals surface area (Å²) >= 11 is 0. The molecule has 1 aromatic heterocycles. The monoisotopic (exact) mass is 287 g/mol. The lowest BCUT2D eigenvalue weighted by molar-refractivity contribution is 0.102. The Kier molecular flexibility index (Phi) is 4.29. The highest BCUT2D eigenvalue weighted by Gasteiger charge is 2.28. The average Bonchev–Trinajstić information content (AvgIpc) is 2.92. The van der Waals surface area contributed by atoms with Crippen LogP contribution < -0.4 is 5.73 Å². The largest absolute Gasteiger partial charge is 0.459 e. The van der Waals surface area contributed by atoms with Crippen LogP contribution in [0.25, 0.3) is 11.0 Å². The SMILES string of the molecule is CN(C)C1CCN(C(CN)c2cc3ccccc3o2)CC1. The molecule has 4 heteroatoms. The highest BCUT2D eigenvalue weighted by atomic mass is 16.3. The Morgan fingerprint density at radius 2 is 2.00 bits per heavy atom. The minimum atomic E-state index is 0.195. The van der Waals surface area contributed by atoms with E-state index in [4.69, 9.17) is 10.2 Å². The molecule has 0 radical (unpaired) electrons. The number of nitrogens with zero attached hydrogens (tertiary/aromatic N) is 2. The van der Waals surface area contributed by atoms with Crippen molar-refractivity contribution in [3.05, 3.63) is 36.1 Å². The minimum Gasteiger partial charge on any atom is -0.459 e. The molecule has 1 aromatic carbocycles. The molecule has 2 aromatic rings. The molecule has 1 atom stereocenters. The standard InChI is InChI=1S/C17H25N3O/c1-19(2)14-7-9-20(10-8-14)15(12-18)17-11-13-5-3-4-6-16(13)21-17/h3-6,11,14-15H,7-10,12,18H2,1-2H3. The molecule has 0 amide bonds. The Bertz CT molecular complexity index is 551. The van der Waals surface area contributed by atoms with Crippen molar-refractivity contribution in [2.24, 2.45) is 5.73 Å². The lowest BCUT2D eigenvalue weighted by Gasteiger charge is -2.38. The molecular formula is C17H25N3O. The summed E-state index contributed by atoms with van der Waals surface area (Å²) in [6, 6.07) is 11.2. The van der Waals surface area contributed by atoms with Crippen molar-refractivity contribution in [1.29, 1.82) is 0 Å². The van der Waals surface area contributed by atoms with Gasteiger partial charge in [0.2, 0.25) is 0 Å². The smallest absolute Gasteiger partial charge is 0.134 e. The first-order valence-electron chi connectivity index (χ1n) is 7.78. The number of fused-ring (bicyclic) bond motifs is 1. The lowest BCUT2D eigenvalue weighted by atomic mass is 10.0. The maximum Gasteiger partial charge on any atom is 0.134 e. The van der Waals surface area contributed by atoms with Crippen molar-refractivity contribution < 1.29 is 4.42 Å². The highest BCUT2D eigenvalue weighted by molar-refractivity contribution is 5.77. The molecule has 3 rings (SSSR count). The molecule has 0 bridgehead atoms. The van der Waals surface area contributed by atoms with E-state index in [9.17, 15) is 0 Å². The van der Waals surface area contributed by atoms with Gasteiger partial charge in [-0.05, 0) is 39.1 Å². The zero-order valence-electron chi connectivity index (χ0n) is 13.0. The third-order valence-electron chi connectivity index (χ3n) is 4.67. The van der Waals surface area contributed by atoms with Crippen LogP contribution in [0.5, 0.6) is 0 Å². The Hall–Kier alpha value is -1.36. The van der Waals surface area contributed by atoms with Gasteiger partial charge in [-0.1, -0.05) is 18.2 Å². The van der Waals surface area contributed by atoms with E-state index in [-0.39, 0.29) is 6.04 Å². The molecule has 1 aliphatic heterocycles. The third-order valence-corrected chi connectivity index (χ3v) is 4.67. The van der Waals surface area contributed by atoms with Gasteiger partial charge >= 0.3 is 0 Å². The number of para-hydroxylation sites is 1. The molecule has 1 saturated heterocycles. The van der Waals surface area contributed by atoms with Gasteiger partial charge in [0.15, 0.2) is 0 Å². The maximum absolute atomic E-state index is 6.04. The molecular weight excluding hydrogens is 262 g/mol. The van der Waals surface area contributed by atoms with E-state index in [1.54, 1.807) is 0 Å². The summed E-state index contributed by atoms with van der Waals surface area (Å²) in [7, 11) is 4.33. The summed E-state index contributed by atoms with van der Waals surface area (Å²) in [5.41, 5.74) is 6.99. The van der Waals surface area contributed by atoms with Gasteiger partial charge in [0.1, 0.15) is 11.3 Å². The maximum atomic E-state index is 6.04. The normalized spacial score (nSPS) is 19.4. The topological polar surface area (TPSA) is 45.6 Å². The van der Waals surface area contributed by atoms with E-state index in [1.165, 1.54) is 12.8 Å². The number of nitrogens with two attached hydrogens (primary N) is 1. The second-order valence-electron chi connectivity index (χ2n) is 6.17. The van der Waals surface area contributed by atoms with E-state index >= 15 is 0 Å². The van der Waals surface area contributed by atoms with Crippen LogP contribution in [0.4, 0.5) is 0 Å². The summed E-state index contributed by atoms with van der Waals surface area (Å²) in [5, 5.41) is 1.16. The molecule has 2 N–H and O–H groups in total. The van der Waals surface area contributed by atoms with Crippen molar-refractivity contribution in [2.45, 2.75) is 24.9 Å². The van der Waals surface area contributed by atoms with Gasteiger partial charge in [-0.3, -0.25) is 4.90 Å². The van der Waals surface area contributed by atoms with E-state index in [1.807, 2.05) is 18.2 Å². The molecule has 0 spiro atoms. The lowest BCUT2D eigenvalue weighted by Crippen LogP contribution is -2.44. The Morgan fingerprint density at radius 3 is 2.62 bits per heavy atom. The van der Waals surface area contributed by atoms with E-state index in [0.29, 0.717) is 12.6 Å². The first kappa shape index (κ1) is 14.6. The fourth-order valence-electron chi connectivity index (χ4n) is 3.33. The minimum absolute atomic E-state index is 0.195. The molecule has 114 valence electrons. The predicted molar refractivity (Wildman–Crippen MR) is 86.3 cm³/mol. The van der Waals surface area contributed by atoms with Gasteiger partial charge in [0, 0.05) is 31.1 Å². The van der Waals surface area contributed by atoms with Crippen LogP contribution in [0.15, 0.2) is 34.7 Å². The molecule has 2 heterocycles. The number of likely N-dealkylation sites (tertiary alicyclic amines) is 1. The highest BCUT2D eigenvalue weighted by Crippen LogP contribution is 2.29. The zero-order chi connectivity index (χ0) is 14.8. The Balaban J connectivity index is 1.76. The van der Waals surface area contributed by atoms with Crippen molar-refractivity contribution in [3.8, 4) is 0 Å².